The number of piperidine rings is 1. The molecule has 9 nitrogen and oxygen atoms in total. The molecule has 0 radical (unpaired) electrons. The predicted octanol–water partition coefficient (Wildman–Crippen LogP) is 3.94. The minimum atomic E-state index is -0.0848. The number of fused-ring (bicyclic) bond motifs is 1. The second-order valence-electron chi connectivity index (χ2n) is 10.8. The monoisotopic (exact) mass is 527 g/mol. The average molecular weight is 528 g/mol. The van der Waals surface area contributed by atoms with Crippen LogP contribution in [0.5, 0.6) is 0 Å². The van der Waals surface area contributed by atoms with Crippen LogP contribution in [-0.4, -0.2) is 68.5 Å². The number of likely N-dealkylation sites (tertiary alicyclic amines) is 1. The van der Waals surface area contributed by atoms with Crippen molar-refractivity contribution in [3.8, 4) is 5.69 Å². The molecule has 1 N–H and O–H groups in total. The van der Waals surface area contributed by atoms with E-state index < -0.39 is 0 Å². The fourth-order valence-electron chi connectivity index (χ4n) is 5.75. The SMILES string of the molecule is CNc1ccn(-c2ccnc3c2cc(CN2CCC(c4ncc(C(=O)N(C)C)cc4C)C[C@@H]2C)n3C)c(=O)c1. The van der Waals surface area contributed by atoms with Gasteiger partial charge in [0, 0.05) is 93.8 Å². The van der Waals surface area contributed by atoms with Crippen molar-refractivity contribution in [3.05, 3.63) is 81.8 Å². The third-order valence-corrected chi connectivity index (χ3v) is 8.01. The van der Waals surface area contributed by atoms with E-state index in [1.54, 1.807) is 55.3 Å². The average Bonchev–Trinajstić information content (AvgIpc) is 3.24. The van der Waals surface area contributed by atoms with Crippen LogP contribution in [0.2, 0.25) is 0 Å². The molecule has 5 heterocycles. The second kappa shape index (κ2) is 10.6. The molecule has 1 amide bonds. The number of rotatable bonds is 6. The maximum atomic E-state index is 12.8. The van der Waals surface area contributed by atoms with E-state index in [0.29, 0.717) is 17.5 Å². The van der Waals surface area contributed by atoms with E-state index in [1.165, 1.54) is 0 Å². The molecule has 0 spiro atoms. The molecule has 1 unspecified atom stereocenters. The summed E-state index contributed by atoms with van der Waals surface area (Å²) in [6, 6.07) is 9.91. The molecule has 1 aliphatic rings. The van der Waals surface area contributed by atoms with Gasteiger partial charge in [-0.1, -0.05) is 0 Å². The quantitative estimate of drug-likeness (QED) is 0.409. The first-order valence-corrected chi connectivity index (χ1v) is 13.4. The van der Waals surface area contributed by atoms with Crippen LogP contribution < -0.4 is 10.9 Å². The largest absolute Gasteiger partial charge is 0.388 e. The summed E-state index contributed by atoms with van der Waals surface area (Å²) >= 11 is 0. The molecule has 1 aliphatic heterocycles. The van der Waals surface area contributed by atoms with Crippen molar-refractivity contribution in [2.45, 2.75) is 45.2 Å². The van der Waals surface area contributed by atoms with Gasteiger partial charge in [-0.3, -0.25) is 24.0 Å². The lowest BCUT2D eigenvalue weighted by Gasteiger charge is -2.38. The number of amides is 1. The number of anilines is 1. The molecule has 9 heteroatoms. The highest BCUT2D eigenvalue weighted by Crippen LogP contribution is 2.34. The van der Waals surface area contributed by atoms with Crippen LogP contribution >= 0.6 is 0 Å². The lowest BCUT2D eigenvalue weighted by atomic mass is 9.86. The molecule has 4 aromatic rings. The van der Waals surface area contributed by atoms with E-state index in [-0.39, 0.29) is 11.5 Å². The number of carbonyl (C=O) groups excluding carboxylic acids is 1. The highest BCUT2D eigenvalue weighted by atomic mass is 16.2. The topological polar surface area (TPSA) is 88.3 Å². The number of hydrogen-bond donors (Lipinski definition) is 1. The molecule has 0 bridgehead atoms. The zero-order valence-electron chi connectivity index (χ0n) is 23.6. The van der Waals surface area contributed by atoms with Gasteiger partial charge in [0.05, 0.1) is 11.3 Å². The minimum Gasteiger partial charge on any atom is -0.388 e. The Hall–Kier alpha value is -3.98. The molecule has 1 fully saturated rings. The standard InChI is InChI=1S/C30H37N7O2/c1-19-13-22(30(39)34(4)5)17-33-28(19)21-8-11-36(20(2)14-21)18-24-16-25-26(7-10-32-29(25)35(24)6)37-12-9-23(31-3)15-27(37)38/h7,9-10,12-13,15-17,20-21,31H,8,11,14,18H2,1-6H3/t20-,21?/m0/s1. The van der Waals surface area contributed by atoms with Gasteiger partial charge < -0.3 is 14.8 Å². The Bertz CT molecular complexity index is 1590. The van der Waals surface area contributed by atoms with Crippen molar-refractivity contribution in [1.82, 2.24) is 28.9 Å². The van der Waals surface area contributed by atoms with Crippen LogP contribution in [0.3, 0.4) is 0 Å². The van der Waals surface area contributed by atoms with Gasteiger partial charge in [-0.25, -0.2) is 4.98 Å². The maximum absolute atomic E-state index is 12.8. The van der Waals surface area contributed by atoms with Crippen molar-refractivity contribution < 1.29 is 4.79 Å². The molecular weight excluding hydrogens is 490 g/mol. The predicted molar refractivity (Wildman–Crippen MR) is 155 cm³/mol. The Morgan fingerprint density at radius 1 is 1.18 bits per heavy atom. The summed E-state index contributed by atoms with van der Waals surface area (Å²) in [4.78, 5) is 38.6. The lowest BCUT2D eigenvalue weighted by Crippen LogP contribution is -2.40. The minimum absolute atomic E-state index is 0.0206. The van der Waals surface area contributed by atoms with Crippen molar-refractivity contribution in [1.29, 1.82) is 0 Å². The fourth-order valence-corrected chi connectivity index (χ4v) is 5.75. The van der Waals surface area contributed by atoms with Gasteiger partial charge in [-0.05, 0) is 63.1 Å². The van der Waals surface area contributed by atoms with E-state index in [9.17, 15) is 9.59 Å². The lowest BCUT2D eigenvalue weighted by molar-refractivity contribution is 0.0827. The Labute approximate surface area is 229 Å². The molecule has 4 aromatic heterocycles. The number of pyridine rings is 3. The van der Waals surface area contributed by atoms with Crippen LogP contribution in [-0.2, 0) is 13.6 Å². The zero-order valence-corrected chi connectivity index (χ0v) is 23.6. The van der Waals surface area contributed by atoms with Crippen LogP contribution in [0.1, 0.15) is 53.0 Å². The summed E-state index contributed by atoms with van der Waals surface area (Å²) < 4.78 is 3.81. The van der Waals surface area contributed by atoms with Gasteiger partial charge in [-0.15, -0.1) is 0 Å². The maximum Gasteiger partial charge on any atom is 0.257 e. The van der Waals surface area contributed by atoms with E-state index in [4.69, 9.17) is 4.98 Å². The van der Waals surface area contributed by atoms with Crippen LogP contribution in [0.25, 0.3) is 16.7 Å². The van der Waals surface area contributed by atoms with Crippen LogP contribution in [0.15, 0.2) is 53.7 Å². The number of hydrogen-bond acceptors (Lipinski definition) is 6. The Morgan fingerprint density at radius 3 is 2.64 bits per heavy atom. The summed E-state index contributed by atoms with van der Waals surface area (Å²) in [5, 5.41) is 3.98. The third kappa shape index (κ3) is 5.06. The highest BCUT2D eigenvalue weighted by molar-refractivity contribution is 5.93. The van der Waals surface area contributed by atoms with E-state index in [1.807, 2.05) is 25.2 Å². The van der Waals surface area contributed by atoms with Crippen LogP contribution in [0, 0.1) is 6.92 Å². The highest BCUT2D eigenvalue weighted by Gasteiger charge is 2.29. The van der Waals surface area contributed by atoms with Gasteiger partial charge in [0.15, 0.2) is 0 Å². The smallest absolute Gasteiger partial charge is 0.257 e. The number of nitrogens with one attached hydrogen (secondary N) is 1. The molecular formula is C30H37N7O2. The molecule has 5 rings (SSSR count). The summed E-state index contributed by atoms with van der Waals surface area (Å²) in [5.41, 5.74) is 6.38. The van der Waals surface area contributed by atoms with Crippen molar-refractivity contribution in [2.75, 3.05) is 33.0 Å². The summed E-state index contributed by atoms with van der Waals surface area (Å²) in [7, 11) is 7.37. The molecule has 0 saturated carbocycles. The number of nitrogens with zero attached hydrogens (tertiary/aromatic N) is 6. The first-order valence-electron chi connectivity index (χ1n) is 13.4. The fraction of sp³-hybridized carbons (Fsp3) is 0.400. The number of aryl methyl sites for hydroxylation is 2. The van der Waals surface area contributed by atoms with Crippen molar-refractivity contribution >= 4 is 22.6 Å². The van der Waals surface area contributed by atoms with Gasteiger partial charge >= 0.3 is 0 Å². The summed E-state index contributed by atoms with van der Waals surface area (Å²) in [6.07, 6.45) is 7.32. The third-order valence-electron chi connectivity index (χ3n) is 8.01. The van der Waals surface area contributed by atoms with Crippen molar-refractivity contribution in [2.24, 2.45) is 7.05 Å². The van der Waals surface area contributed by atoms with Gasteiger partial charge in [-0.2, -0.15) is 0 Å². The molecule has 1 saturated heterocycles. The van der Waals surface area contributed by atoms with Gasteiger partial charge in [0.2, 0.25) is 0 Å². The van der Waals surface area contributed by atoms with E-state index in [2.05, 4.69) is 39.7 Å². The number of aromatic nitrogens is 4. The molecule has 2 atom stereocenters. The van der Waals surface area contributed by atoms with Crippen molar-refractivity contribution in [3.63, 3.8) is 0 Å². The Balaban J connectivity index is 1.35. The normalized spacial score (nSPS) is 17.9. The first kappa shape index (κ1) is 26.6. The van der Waals surface area contributed by atoms with Gasteiger partial charge in [0.1, 0.15) is 5.65 Å². The molecule has 0 aromatic carbocycles. The Morgan fingerprint density at radius 2 is 1.97 bits per heavy atom. The van der Waals surface area contributed by atoms with Crippen LogP contribution in [0.4, 0.5) is 5.69 Å². The number of carbonyl (C=O) groups is 1. The second-order valence-corrected chi connectivity index (χ2v) is 10.8. The molecule has 0 aliphatic carbocycles. The van der Waals surface area contributed by atoms with Gasteiger partial charge in [0.25, 0.3) is 11.5 Å². The first-order chi connectivity index (χ1) is 18.7. The molecule has 39 heavy (non-hydrogen) atoms. The van der Waals surface area contributed by atoms with E-state index >= 15 is 0 Å². The molecule has 204 valence electrons. The summed E-state index contributed by atoms with van der Waals surface area (Å²) in [6.45, 7) is 6.10. The Kier molecular flexibility index (Phi) is 7.27. The van der Waals surface area contributed by atoms with E-state index in [0.717, 1.165) is 65.3 Å². The zero-order chi connectivity index (χ0) is 27.8. The summed E-state index contributed by atoms with van der Waals surface area (Å²) in [5.74, 6) is 0.348.